The zero-order valence-corrected chi connectivity index (χ0v) is 12.2. The molecule has 0 unspecified atom stereocenters. The topological polar surface area (TPSA) is 62.6 Å². The predicted molar refractivity (Wildman–Crippen MR) is 70.9 cm³/mol. The Morgan fingerprint density at radius 2 is 1.95 bits per heavy atom. The summed E-state index contributed by atoms with van der Waals surface area (Å²) >= 11 is 5.60. The molecule has 0 spiro atoms. The van der Waals surface area contributed by atoms with Crippen molar-refractivity contribution in [2.75, 3.05) is 13.1 Å². The molecule has 1 aliphatic heterocycles. The Kier molecular flexibility index (Phi) is 5.00. The van der Waals surface area contributed by atoms with Crippen LogP contribution in [0.5, 0.6) is 0 Å². The standard InChI is InChI=1S/C13H14ClF3N2O3/c14-10-2-1-9(22-10)7-18-11(20)8-3-5-19(6-4-8)12(21)13(15,16)17/h1-2,8H,3-7H2,(H,18,20). The zero-order chi connectivity index (χ0) is 16.3. The largest absolute Gasteiger partial charge is 0.471 e. The summed E-state index contributed by atoms with van der Waals surface area (Å²) in [5.41, 5.74) is 0. The Morgan fingerprint density at radius 1 is 1.32 bits per heavy atom. The first-order valence-electron chi connectivity index (χ1n) is 6.65. The number of rotatable bonds is 3. The predicted octanol–water partition coefficient (Wildman–Crippen LogP) is 2.35. The van der Waals surface area contributed by atoms with E-state index in [0.717, 1.165) is 4.90 Å². The van der Waals surface area contributed by atoms with Gasteiger partial charge in [-0.3, -0.25) is 9.59 Å². The molecule has 2 heterocycles. The zero-order valence-electron chi connectivity index (χ0n) is 11.5. The van der Waals surface area contributed by atoms with Gasteiger partial charge in [0.25, 0.3) is 0 Å². The molecule has 1 saturated heterocycles. The van der Waals surface area contributed by atoms with Crippen LogP contribution in [0, 0.1) is 5.92 Å². The summed E-state index contributed by atoms with van der Waals surface area (Å²) in [5, 5.41) is 2.85. The normalized spacial score (nSPS) is 16.6. The highest BCUT2D eigenvalue weighted by atomic mass is 35.5. The van der Waals surface area contributed by atoms with E-state index in [0.29, 0.717) is 5.76 Å². The van der Waals surface area contributed by atoms with Gasteiger partial charge < -0.3 is 14.6 Å². The number of carbonyl (C=O) groups is 2. The Bertz CT molecular complexity index is 551. The molecule has 5 nitrogen and oxygen atoms in total. The van der Waals surface area contributed by atoms with E-state index >= 15 is 0 Å². The maximum absolute atomic E-state index is 12.3. The van der Waals surface area contributed by atoms with Crippen LogP contribution in [0.25, 0.3) is 0 Å². The summed E-state index contributed by atoms with van der Waals surface area (Å²) in [4.78, 5) is 23.8. The van der Waals surface area contributed by atoms with E-state index in [4.69, 9.17) is 16.0 Å². The third-order valence-electron chi connectivity index (χ3n) is 3.46. The van der Waals surface area contributed by atoms with Crippen LogP contribution < -0.4 is 5.32 Å². The number of hydrogen-bond donors (Lipinski definition) is 1. The molecule has 0 aliphatic carbocycles. The molecule has 122 valence electrons. The molecule has 0 aromatic carbocycles. The van der Waals surface area contributed by atoms with Crippen LogP contribution in [0.1, 0.15) is 18.6 Å². The van der Waals surface area contributed by atoms with Gasteiger partial charge in [-0.2, -0.15) is 13.2 Å². The highest BCUT2D eigenvalue weighted by Gasteiger charge is 2.43. The summed E-state index contributed by atoms with van der Waals surface area (Å²) in [6.07, 6.45) is -4.47. The summed E-state index contributed by atoms with van der Waals surface area (Å²) in [7, 11) is 0. The number of halogens is 4. The van der Waals surface area contributed by atoms with Gasteiger partial charge in [0.15, 0.2) is 5.22 Å². The van der Waals surface area contributed by atoms with Gasteiger partial charge in [0.2, 0.25) is 5.91 Å². The number of carbonyl (C=O) groups excluding carboxylic acids is 2. The smallest absolute Gasteiger partial charge is 0.448 e. The average Bonchev–Trinajstić information content (AvgIpc) is 2.89. The Morgan fingerprint density at radius 3 is 2.45 bits per heavy atom. The molecule has 2 amide bonds. The first-order chi connectivity index (χ1) is 10.3. The van der Waals surface area contributed by atoms with Crippen molar-refractivity contribution in [3.05, 3.63) is 23.1 Å². The minimum Gasteiger partial charge on any atom is -0.448 e. The number of piperidine rings is 1. The van der Waals surface area contributed by atoms with E-state index in [9.17, 15) is 22.8 Å². The fourth-order valence-electron chi connectivity index (χ4n) is 2.29. The van der Waals surface area contributed by atoms with Crippen molar-refractivity contribution >= 4 is 23.4 Å². The summed E-state index contributed by atoms with van der Waals surface area (Å²) < 4.78 is 42.0. The van der Waals surface area contributed by atoms with Crippen molar-refractivity contribution in [3.8, 4) is 0 Å². The quantitative estimate of drug-likeness (QED) is 0.920. The summed E-state index contributed by atoms with van der Waals surface area (Å²) in [6, 6.07) is 3.16. The van der Waals surface area contributed by atoms with Crippen LogP contribution in [-0.2, 0) is 16.1 Å². The molecule has 0 bridgehead atoms. The van der Waals surface area contributed by atoms with Crippen LogP contribution in [-0.4, -0.2) is 36.0 Å². The number of furan rings is 1. The lowest BCUT2D eigenvalue weighted by Gasteiger charge is -2.31. The van der Waals surface area contributed by atoms with Gasteiger partial charge in [0, 0.05) is 19.0 Å². The molecule has 1 aromatic heterocycles. The molecule has 1 N–H and O–H groups in total. The van der Waals surface area contributed by atoms with E-state index in [1.54, 1.807) is 12.1 Å². The van der Waals surface area contributed by atoms with Crippen LogP contribution >= 0.6 is 11.6 Å². The molecule has 1 fully saturated rings. The summed E-state index contributed by atoms with van der Waals surface area (Å²) in [6.45, 7) is -0.000725. The van der Waals surface area contributed by atoms with Crippen LogP contribution in [0.2, 0.25) is 5.22 Å². The average molecular weight is 339 g/mol. The lowest BCUT2D eigenvalue weighted by Crippen LogP contribution is -2.47. The number of nitrogens with zero attached hydrogens (tertiary/aromatic N) is 1. The molecule has 22 heavy (non-hydrogen) atoms. The maximum Gasteiger partial charge on any atom is 0.471 e. The molecule has 2 rings (SSSR count). The van der Waals surface area contributed by atoms with Crippen LogP contribution in [0.3, 0.4) is 0 Å². The monoisotopic (exact) mass is 338 g/mol. The first kappa shape index (κ1) is 16.7. The fourth-order valence-corrected chi connectivity index (χ4v) is 2.45. The van der Waals surface area contributed by atoms with Crippen molar-refractivity contribution in [3.63, 3.8) is 0 Å². The molecule has 0 atom stereocenters. The van der Waals surface area contributed by atoms with Crippen molar-refractivity contribution in [1.29, 1.82) is 0 Å². The van der Waals surface area contributed by atoms with E-state index in [2.05, 4.69) is 5.32 Å². The minimum atomic E-state index is -4.87. The summed E-state index contributed by atoms with van der Waals surface area (Å²) in [5.74, 6) is -2.05. The number of hydrogen-bond acceptors (Lipinski definition) is 3. The van der Waals surface area contributed by atoms with Crippen LogP contribution in [0.4, 0.5) is 13.2 Å². The number of alkyl halides is 3. The van der Waals surface area contributed by atoms with E-state index in [-0.39, 0.29) is 43.6 Å². The molecule has 1 aliphatic rings. The van der Waals surface area contributed by atoms with E-state index < -0.39 is 18.0 Å². The maximum atomic E-state index is 12.3. The van der Waals surface area contributed by atoms with E-state index in [1.165, 1.54) is 0 Å². The second kappa shape index (κ2) is 6.60. The van der Waals surface area contributed by atoms with Gasteiger partial charge in [-0.15, -0.1) is 0 Å². The molecular weight excluding hydrogens is 325 g/mol. The number of nitrogens with one attached hydrogen (secondary N) is 1. The fraction of sp³-hybridized carbons (Fsp3) is 0.538. The van der Waals surface area contributed by atoms with Gasteiger partial charge >= 0.3 is 12.1 Å². The van der Waals surface area contributed by atoms with Crippen LogP contribution in [0.15, 0.2) is 16.5 Å². The minimum absolute atomic E-state index is 0.0803. The Balaban J connectivity index is 1.79. The van der Waals surface area contributed by atoms with Crippen molar-refractivity contribution in [2.24, 2.45) is 5.92 Å². The second-order valence-corrected chi connectivity index (χ2v) is 5.36. The molecular formula is C13H14ClF3N2O3. The second-order valence-electron chi connectivity index (χ2n) is 4.99. The van der Waals surface area contributed by atoms with Gasteiger partial charge in [0.05, 0.1) is 6.54 Å². The van der Waals surface area contributed by atoms with Crippen molar-refractivity contribution < 1.29 is 27.2 Å². The SMILES string of the molecule is O=C(NCc1ccc(Cl)o1)C1CCN(C(=O)C(F)(F)F)CC1. The third-order valence-corrected chi connectivity index (χ3v) is 3.66. The lowest BCUT2D eigenvalue weighted by atomic mass is 9.96. The molecule has 0 saturated carbocycles. The number of amides is 2. The Labute approximate surface area is 129 Å². The Hall–Kier alpha value is -1.70. The molecule has 9 heteroatoms. The van der Waals surface area contributed by atoms with Gasteiger partial charge in [0.1, 0.15) is 5.76 Å². The molecule has 0 radical (unpaired) electrons. The van der Waals surface area contributed by atoms with Gasteiger partial charge in [-0.05, 0) is 36.6 Å². The van der Waals surface area contributed by atoms with Crippen molar-refractivity contribution in [2.45, 2.75) is 25.6 Å². The van der Waals surface area contributed by atoms with E-state index in [1.807, 2.05) is 0 Å². The molecule has 1 aromatic rings. The lowest BCUT2D eigenvalue weighted by molar-refractivity contribution is -0.186. The third kappa shape index (κ3) is 4.16. The van der Waals surface area contributed by atoms with Crippen molar-refractivity contribution in [1.82, 2.24) is 10.2 Å². The van der Waals surface area contributed by atoms with Gasteiger partial charge in [-0.1, -0.05) is 0 Å². The highest BCUT2D eigenvalue weighted by Crippen LogP contribution is 2.24. The number of likely N-dealkylation sites (tertiary alicyclic amines) is 1. The first-order valence-corrected chi connectivity index (χ1v) is 7.03. The van der Waals surface area contributed by atoms with Gasteiger partial charge in [-0.25, -0.2) is 0 Å². The highest BCUT2D eigenvalue weighted by molar-refractivity contribution is 6.28.